The molecule has 21 heavy (non-hydrogen) atoms. The summed E-state index contributed by atoms with van der Waals surface area (Å²) in [5, 5.41) is 0.853. The molecule has 2 aromatic rings. The lowest BCUT2D eigenvalue weighted by Crippen LogP contribution is -2.54. The summed E-state index contributed by atoms with van der Waals surface area (Å²) in [5.74, 6) is -0.205. The smallest absolute Gasteiger partial charge is 0.124 e. The molecule has 3 rings (SSSR count). The van der Waals surface area contributed by atoms with E-state index < -0.39 is 0 Å². The number of fused-ring (bicyclic) bond motifs is 1. The van der Waals surface area contributed by atoms with Crippen molar-refractivity contribution in [1.82, 2.24) is 14.8 Å². The van der Waals surface area contributed by atoms with Crippen LogP contribution in [0, 0.1) is 5.82 Å². The van der Waals surface area contributed by atoms with Gasteiger partial charge in [0.05, 0.1) is 5.52 Å². The number of halogens is 1. The molecule has 4 nitrogen and oxygen atoms in total. The number of pyridine rings is 1. The first-order valence-electron chi connectivity index (χ1n) is 7.33. The summed E-state index contributed by atoms with van der Waals surface area (Å²) in [6.07, 6.45) is 1.76. The molecule has 0 saturated carbocycles. The summed E-state index contributed by atoms with van der Waals surface area (Å²) in [5.41, 5.74) is 7.72. The summed E-state index contributed by atoms with van der Waals surface area (Å²) in [6.45, 7) is 4.23. The first-order chi connectivity index (χ1) is 10.2. The van der Waals surface area contributed by atoms with Gasteiger partial charge in [0.2, 0.25) is 0 Å². The molecule has 1 unspecified atom stereocenters. The Labute approximate surface area is 124 Å². The van der Waals surface area contributed by atoms with Crippen molar-refractivity contribution in [1.29, 1.82) is 0 Å². The second kappa shape index (κ2) is 6.05. The molecule has 0 radical (unpaired) electrons. The minimum Gasteiger partial charge on any atom is -0.329 e. The quantitative estimate of drug-likeness (QED) is 0.928. The number of hydrogen-bond acceptors (Lipinski definition) is 4. The number of nitrogens with zero attached hydrogens (tertiary/aromatic N) is 3. The van der Waals surface area contributed by atoms with Crippen LogP contribution in [0.15, 0.2) is 30.5 Å². The Morgan fingerprint density at radius 1 is 1.38 bits per heavy atom. The molecule has 1 saturated heterocycles. The van der Waals surface area contributed by atoms with E-state index in [0.717, 1.165) is 36.1 Å². The van der Waals surface area contributed by atoms with Gasteiger partial charge in [-0.15, -0.1) is 0 Å². The van der Waals surface area contributed by atoms with Crippen LogP contribution in [0.25, 0.3) is 10.9 Å². The fourth-order valence-electron chi connectivity index (χ4n) is 3.05. The zero-order valence-corrected chi connectivity index (χ0v) is 12.3. The number of piperazine rings is 1. The first-order valence-corrected chi connectivity index (χ1v) is 7.33. The Balaban J connectivity index is 1.90. The lowest BCUT2D eigenvalue weighted by Gasteiger charge is -2.39. The predicted octanol–water partition coefficient (Wildman–Crippen LogP) is 1.45. The molecule has 0 amide bonds. The second-order valence-electron chi connectivity index (χ2n) is 5.76. The van der Waals surface area contributed by atoms with Gasteiger partial charge in [-0.3, -0.25) is 9.88 Å². The van der Waals surface area contributed by atoms with Crippen LogP contribution >= 0.6 is 0 Å². The lowest BCUT2D eigenvalue weighted by molar-refractivity contribution is 0.0883. The molecule has 5 heteroatoms. The maximum Gasteiger partial charge on any atom is 0.124 e. The van der Waals surface area contributed by atoms with E-state index in [-0.39, 0.29) is 5.82 Å². The van der Waals surface area contributed by atoms with Crippen LogP contribution in [0.1, 0.15) is 5.56 Å². The normalized spacial score (nSPS) is 21.0. The summed E-state index contributed by atoms with van der Waals surface area (Å²) < 4.78 is 13.8. The minimum atomic E-state index is -0.205. The SMILES string of the molecule is CN1CCN(Cc2cc(F)cc3cccnc23)C(CN)C1. The number of hydrogen-bond donors (Lipinski definition) is 1. The second-order valence-corrected chi connectivity index (χ2v) is 5.76. The van der Waals surface area contributed by atoms with Crippen molar-refractivity contribution in [3.63, 3.8) is 0 Å². The van der Waals surface area contributed by atoms with Crippen LogP contribution in [0.4, 0.5) is 4.39 Å². The summed E-state index contributed by atoms with van der Waals surface area (Å²) in [7, 11) is 2.11. The molecule has 1 aromatic carbocycles. The molecule has 2 N–H and O–H groups in total. The fourth-order valence-corrected chi connectivity index (χ4v) is 3.05. The lowest BCUT2D eigenvalue weighted by atomic mass is 10.1. The maximum atomic E-state index is 13.8. The van der Waals surface area contributed by atoms with Crippen molar-refractivity contribution >= 4 is 10.9 Å². The average molecular weight is 288 g/mol. The highest BCUT2D eigenvalue weighted by Crippen LogP contribution is 2.21. The largest absolute Gasteiger partial charge is 0.329 e. The topological polar surface area (TPSA) is 45.4 Å². The van der Waals surface area contributed by atoms with Crippen molar-refractivity contribution in [2.24, 2.45) is 5.73 Å². The van der Waals surface area contributed by atoms with Gasteiger partial charge in [0.25, 0.3) is 0 Å². The third kappa shape index (κ3) is 3.05. The number of likely N-dealkylation sites (N-methyl/N-ethyl adjacent to an activating group) is 1. The third-order valence-corrected chi connectivity index (χ3v) is 4.20. The van der Waals surface area contributed by atoms with Gasteiger partial charge in [-0.1, -0.05) is 6.07 Å². The van der Waals surface area contributed by atoms with Crippen molar-refractivity contribution in [2.45, 2.75) is 12.6 Å². The Kier molecular flexibility index (Phi) is 4.14. The van der Waals surface area contributed by atoms with Crippen LogP contribution in [0.3, 0.4) is 0 Å². The van der Waals surface area contributed by atoms with Crippen LogP contribution in [-0.2, 0) is 6.54 Å². The Morgan fingerprint density at radius 2 is 2.24 bits per heavy atom. The molecule has 1 aliphatic rings. The van der Waals surface area contributed by atoms with Crippen molar-refractivity contribution in [3.8, 4) is 0 Å². The molecule has 1 aliphatic heterocycles. The van der Waals surface area contributed by atoms with Crippen LogP contribution < -0.4 is 5.73 Å². The van der Waals surface area contributed by atoms with Crippen molar-refractivity contribution in [3.05, 3.63) is 41.8 Å². The highest BCUT2D eigenvalue weighted by molar-refractivity contribution is 5.81. The standard InChI is InChI=1S/C16H21FN4/c1-20-5-6-21(15(9-18)11-20)10-13-8-14(17)7-12-3-2-4-19-16(12)13/h2-4,7-8,15H,5-6,9-11,18H2,1H3. The van der Waals surface area contributed by atoms with Gasteiger partial charge in [0.1, 0.15) is 5.82 Å². The van der Waals surface area contributed by atoms with Gasteiger partial charge in [-0.05, 0) is 30.8 Å². The average Bonchev–Trinajstić information content (AvgIpc) is 2.48. The van der Waals surface area contributed by atoms with Gasteiger partial charge in [0, 0.05) is 50.3 Å². The highest BCUT2D eigenvalue weighted by atomic mass is 19.1. The molecule has 0 aliphatic carbocycles. The maximum absolute atomic E-state index is 13.8. The molecule has 1 atom stereocenters. The molecule has 0 spiro atoms. The van der Waals surface area contributed by atoms with E-state index in [1.165, 1.54) is 6.07 Å². The molecule has 2 heterocycles. The Bertz CT molecular complexity index is 631. The van der Waals surface area contributed by atoms with Gasteiger partial charge in [-0.2, -0.15) is 0 Å². The van der Waals surface area contributed by atoms with Crippen LogP contribution in [-0.4, -0.2) is 54.1 Å². The zero-order valence-electron chi connectivity index (χ0n) is 12.3. The molecule has 1 aromatic heterocycles. The van der Waals surface area contributed by atoms with E-state index >= 15 is 0 Å². The van der Waals surface area contributed by atoms with E-state index in [2.05, 4.69) is 21.8 Å². The fraction of sp³-hybridized carbons (Fsp3) is 0.438. The summed E-state index contributed by atoms with van der Waals surface area (Å²) in [4.78, 5) is 9.04. The first kappa shape index (κ1) is 14.4. The molecular weight excluding hydrogens is 267 g/mol. The Hall–Kier alpha value is -1.56. The summed E-state index contributed by atoms with van der Waals surface area (Å²) in [6, 6.07) is 7.19. The van der Waals surface area contributed by atoms with Gasteiger partial charge in [0.15, 0.2) is 0 Å². The zero-order chi connectivity index (χ0) is 14.8. The van der Waals surface area contributed by atoms with Crippen molar-refractivity contribution in [2.75, 3.05) is 33.2 Å². The van der Waals surface area contributed by atoms with Gasteiger partial charge >= 0.3 is 0 Å². The number of rotatable bonds is 3. The third-order valence-electron chi connectivity index (χ3n) is 4.20. The molecule has 0 bridgehead atoms. The molecule has 1 fully saturated rings. The van der Waals surface area contributed by atoms with E-state index in [0.29, 0.717) is 19.1 Å². The number of benzene rings is 1. The highest BCUT2D eigenvalue weighted by Gasteiger charge is 2.24. The number of aromatic nitrogens is 1. The van der Waals surface area contributed by atoms with E-state index in [1.807, 2.05) is 12.1 Å². The molecular formula is C16H21FN4. The van der Waals surface area contributed by atoms with Crippen LogP contribution in [0.5, 0.6) is 0 Å². The van der Waals surface area contributed by atoms with E-state index in [1.54, 1.807) is 12.3 Å². The Morgan fingerprint density at radius 3 is 3.05 bits per heavy atom. The van der Waals surface area contributed by atoms with Gasteiger partial charge in [-0.25, -0.2) is 4.39 Å². The molecule has 112 valence electrons. The monoisotopic (exact) mass is 288 g/mol. The predicted molar refractivity (Wildman–Crippen MR) is 82.5 cm³/mol. The number of nitrogens with two attached hydrogens (primary N) is 1. The summed E-state index contributed by atoms with van der Waals surface area (Å²) >= 11 is 0. The van der Waals surface area contributed by atoms with Crippen LogP contribution in [0.2, 0.25) is 0 Å². The van der Waals surface area contributed by atoms with E-state index in [9.17, 15) is 4.39 Å². The van der Waals surface area contributed by atoms with E-state index in [4.69, 9.17) is 5.73 Å². The minimum absolute atomic E-state index is 0.205. The van der Waals surface area contributed by atoms with Gasteiger partial charge < -0.3 is 10.6 Å². The van der Waals surface area contributed by atoms with Crippen molar-refractivity contribution < 1.29 is 4.39 Å².